The van der Waals surface area contributed by atoms with Gasteiger partial charge in [0.25, 0.3) is 0 Å². The van der Waals surface area contributed by atoms with Gasteiger partial charge in [0.1, 0.15) is 5.75 Å². The van der Waals surface area contributed by atoms with Gasteiger partial charge in [0.05, 0.1) is 12.0 Å². The lowest BCUT2D eigenvalue weighted by Gasteiger charge is -2.34. The van der Waals surface area contributed by atoms with Crippen molar-refractivity contribution < 1.29 is 17.7 Å². The van der Waals surface area contributed by atoms with Crippen molar-refractivity contribution >= 4 is 10.0 Å². The second-order valence-corrected chi connectivity index (χ2v) is 9.13. The predicted molar refractivity (Wildman–Crippen MR) is 112 cm³/mol. The van der Waals surface area contributed by atoms with Crippen LogP contribution in [0.3, 0.4) is 0 Å². The maximum Gasteiger partial charge on any atom is 0.243 e. The highest BCUT2D eigenvalue weighted by Gasteiger charge is 2.28. The zero-order chi connectivity index (χ0) is 21.1. The highest BCUT2D eigenvalue weighted by molar-refractivity contribution is 7.89. The number of methoxy groups -OCH3 is 1. The average Bonchev–Trinajstić information content (AvgIpc) is 3.21. The molecular formula is C21H24N4O4S. The fourth-order valence-electron chi connectivity index (χ4n) is 3.46. The molecule has 1 fully saturated rings. The summed E-state index contributed by atoms with van der Waals surface area (Å²) in [5.41, 5.74) is 2.07. The summed E-state index contributed by atoms with van der Waals surface area (Å²) < 4.78 is 37.4. The number of rotatable bonds is 6. The number of aromatic nitrogens is 2. The maximum absolute atomic E-state index is 12.9. The van der Waals surface area contributed by atoms with E-state index in [1.165, 1.54) is 0 Å². The molecule has 0 spiro atoms. The number of aryl methyl sites for hydroxylation is 1. The second kappa shape index (κ2) is 8.55. The molecule has 30 heavy (non-hydrogen) atoms. The van der Waals surface area contributed by atoms with E-state index in [1.54, 1.807) is 42.6 Å². The van der Waals surface area contributed by atoms with Crippen molar-refractivity contribution in [3.05, 3.63) is 60.0 Å². The van der Waals surface area contributed by atoms with E-state index in [2.05, 4.69) is 15.0 Å². The molecule has 0 radical (unpaired) electrons. The van der Waals surface area contributed by atoms with Crippen LogP contribution in [-0.2, 0) is 16.6 Å². The van der Waals surface area contributed by atoms with Crippen LogP contribution in [-0.4, -0.2) is 61.1 Å². The molecule has 4 rings (SSSR count). The van der Waals surface area contributed by atoms with Gasteiger partial charge >= 0.3 is 0 Å². The molecule has 0 saturated carbocycles. The lowest BCUT2D eigenvalue weighted by molar-refractivity contribution is 0.181. The smallest absolute Gasteiger partial charge is 0.243 e. The van der Waals surface area contributed by atoms with Crippen molar-refractivity contribution in [2.75, 3.05) is 33.3 Å². The van der Waals surface area contributed by atoms with Crippen molar-refractivity contribution in [3.8, 4) is 17.1 Å². The first-order valence-electron chi connectivity index (χ1n) is 9.72. The molecule has 0 N–H and O–H groups in total. The van der Waals surface area contributed by atoms with Crippen LogP contribution >= 0.6 is 0 Å². The van der Waals surface area contributed by atoms with Crippen LogP contribution in [0.4, 0.5) is 0 Å². The number of benzene rings is 2. The Morgan fingerprint density at radius 3 is 2.23 bits per heavy atom. The first-order chi connectivity index (χ1) is 14.5. The normalized spacial score (nSPS) is 15.9. The molecule has 0 bridgehead atoms. The lowest BCUT2D eigenvalue weighted by Crippen LogP contribution is -2.48. The predicted octanol–water partition coefficient (Wildman–Crippen LogP) is 2.56. The average molecular weight is 429 g/mol. The number of ether oxygens (including phenoxy) is 1. The zero-order valence-corrected chi connectivity index (χ0v) is 17.8. The van der Waals surface area contributed by atoms with Crippen LogP contribution in [0.1, 0.15) is 11.5 Å². The van der Waals surface area contributed by atoms with Gasteiger partial charge in [-0.2, -0.15) is 9.29 Å². The standard InChI is InChI=1S/C21H24N4O4S/c1-16-22-21(23-29-16)18-5-3-17(4-6-18)15-24-11-13-25(14-12-24)30(26,27)20-9-7-19(28-2)8-10-20/h3-10H,11-15H2,1-2H3. The van der Waals surface area contributed by atoms with Gasteiger partial charge in [-0.25, -0.2) is 8.42 Å². The van der Waals surface area contributed by atoms with E-state index in [1.807, 2.05) is 24.3 Å². The Morgan fingerprint density at radius 1 is 1.00 bits per heavy atom. The van der Waals surface area contributed by atoms with Gasteiger partial charge in [-0.15, -0.1) is 0 Å². The van der Waals surface area contributed by atoms with E-state index in [0.29, 0.717) is 48.5 Å². The van der Waals surface area contributed by atoms with Gasteiger partial charge in [-0.3, -0.25) is 4.90 Å². The third kappa shape index (κ3) is 4.38. The summed E-state index contributed by atoms with van der Waals surface area (Å²) in [6.45, 7) is 4.83. The van der Waals surface area contributed by atoms with Gasteiger partial charge in [-0.05, 0) is 29.8 Å². The van der Waals surface area contributed by atoms with Gasteiger partial charge in [0.2, 0.25) is 21.7 Å². The molecule has 0 unspecified atom stereocenters. The largest absolute Gasteiger partial charge is 0.497 e. The molecule has 0 atom stereocenters. The fourth-order valence-corrected chi connectivity index (χ4v) is 4.88. The Kier molecular flexibility index (Phi) is 5.85. The summed E-state index contributed by atoms with van der Waals surface area (Å²) in [7, 11) is -1.93. The Labute approximate surface area is 176 Å². The molecule has 0 aliphatic carbocycles. The second-order valence-electron chi connectivity index (χ2n) is 7.19. The minimum Gasteiger partial charge on any atom is -0.497 e. The fraction of sp³-hybridized carbons (Fsp3) is 0.333. The molecule has 158 valence electrons. The highest BCUT2D eigenvalue weighted by atomic mass is 32.2. The minimum absolute atomic E-state index is 0.295. The van der Waals surface area contributed by atoms with Crippen molar-refractivity contribution in [2.24, 2.45) is 0 Å². The number of sulfonamides is 1. The number of hydrogen-bond acceptors (Lipinski definition) is 7. The minimum atomic E-state index is -3.49. The van der Waals surface area contributed by atoms with Crippen LogP contribution in [0, 0.1) is 6.92 Å². The molecule has 1 saturated heterocycles. The van der Waals surface area contributed by atoms with Gasteiger partial charge in [-0.1, -0.05) is 29.4 Å². The summed E-state index contributed by atoms with van der Waals surface area (Å²) in [6.07, 6.45) is 0. The monoisotopic (exact) mass is 428 g/mol. The maximum atomic E-state index is 12.9. The van der Waals surface area contributed by atoms with Crippen molar-refractivity contribution in [1.29, 1.82) is 0 Å². The first-order valence-corrected chi connectivity index (χ1v) is 11.2. The lowest BCUT2D eigenvalue weighted by atomic mass is 10.1. The Morgan fingerprint density at radius 2 is 1.67 bits per heavy atom. The molecule has 0 amide bonds. The molecular weight excluding hydrogens is 404 g/mol. The van der Waals surface area contributed by atoms with E-state index in [0.717, 1.165) is 17.7 Å². The number of piperazine rings is 1. The summed E-state index contributed by atoms with van der Waals surface area (Å²) in [6, 6.07) is 14.6. The van der Waals surface area contributed by atoms with E-state index in [9.17, 15) is 8.42 Å². The molecule has 1 aliphatic rings. The van der Waals surface area contributed by atoms with Gasteiger partial charge in [0, 0.05) is 45.2 Å². The Hall–Kier alpha value is -2.75. The van der Waals surface area contributed by atoms with E-state index >= 15 is 0 Å². The van der Waals surface area contributed by atoms with Crippen LogP contribution in [0.25, 0.3) is 11.4 Å². The Balaban J connectivity index is 1.35. The number of hydrogen-bond donors (Lipinski definition) is 0. The molecule has 1 aromatic heterocycles. The van der Waals surface area contributed by atoms with Gasteiger partial charge < -0.3 is 9.26 Å². The highest BCUT2D eigenvalue weighted by Crippen LogP contribution is 2.22. The number of nitrogens with zero attached hydrogens (tertiary/aromatic N) is 4. The topological polar surface area (TPSA) is 88.8 Å². The summed E-state index contributed by atoms with van der Waals surface area (Å²) in [5, 5.41) is 3.93. The van der Waals surface area contributed by atoms with E-state index in [4.69, 9.17) is 9.26 Å². The molecule has 3 aromatic rings. The quantitative estimate of drug-likeness (QED) is 0.596. The molecule has 1 aliphatic heterocycles. The molecule has 2 heterocycles. The van der Waals surface area contributed by atoms with Crippen molar-refractivity contribution in [1.82, 2.24) is 19.3 Å². The van der Waals surface area contributed by atoms with Crippen LogP contribution < -0.4 is 4.74 Å². The summed E-state index contributed by atoms with van der Waals surface area (Å²) in [5.74, 6) is 1.76. The van der Waals surface area contributed by atoms with Crippen molar-refractivity contribution in [3.63, 3.8) is 0 Å². The van der Waals surface area contributed by atoms with Crippen LogP contribution in [0.5, 0.6) is 5.75 Å². The van der Waals surface area contributed by atoms with Crippen LogP contribution in [0.2, 0.25) is 0 Å². The van der Waals surface area contributed by atoms with Gasteiger partial charge in [0.15, 0.2) is 0 Å². The Bertz CT molecular complexity index is 1090. The van der Waals surface area contributed by atoms with Crippen molar-refractivity contribution in [2.45, 2.75) is 18.4 Å². The zero-order valence-electron chi connectivity index (χ0n) is 17.0. The third-order valence-corrected chi connectivity index (χ3v) is 7.09. The molecule has 9 heteroatoms. The van der Waals surface area contributed by atoms with E-state index in [-0.39, 0.29) is 0 Å². The first kappa shape index (κ1) is 20.5. The SMILES string of the molecule is COc1ccc(S(=O)(=O)N2CCN(Cc3ccc(-c4noc(C)n4)cc3)CC2)cc1. The van der Waals surface area contributed by atoms with E-state index < -0.39 is 10.0 Å². The summed E-state index contributed by atoms with van der Waals surface area (Å²) >= 11 is 0. The molecule has 8 nitrogen and oxygen atoms in total. The molecule has 2 aromatic carbocycles. The van der Waals surface area contributed by atoms with Crippen LogP contribution in [0.15, 0.2) is 57.9 Å². The third-order valence-electron chi connectivity index (χ3n) is 5.17. The summed E-state index contributed by atoms with van der Waals surface area (Å²) in [4.78, 5) is 6.79.